The van der Waals surface area contributed by atoms with E-state index in [-0.39, 0.29) is 17.8 Å². The maximum absolute atomic E-state index is 14.1. The first-order chi connectivity index (χ1) is 16.1. The molecule has 3 aromatic rings. The van der Waals surface area contributed by atoms with Crippen molar-refractivity contribution in [3.8, 4) is 0 Å². The predicted molar refractivity (Wildman–Crippen MR) is 123 cm³/mol. The molecule has 1 spiro atoms. The molecule has 1 atom stereocenters. The van der Waals surface area contributed by atoms with E-state index in [1.807, 2.05) is 32.0 Å². The SMILES string of the molecule is Cc1ccc(C)c(CN2C(=O)[C@]3(c4ccccc42)N(c2ccc(F)c(F)c2)C(=O)CS3(=O)=O)c1. The summed E-state index contributed by atoms with van der Waals surface area (Å²) >= 11 is 0. The van der Waals surface area contributed by atoms with Gasteiger partial charge in [-0.3, -0.25) is 14.5 Å². The van der Waals surface area contributed by atoms with E-state index in [0.29, 0.717) is 5.69 Å². The summed E-state index contributed by atoms with van der Waals surface area (Å²) in [5.74, 6) is -5.05. The second kappa shape index (κ2) is 7.46. The molecule has 0 aliphatic carbocycles. The first kappa shape index (κ1) is 22.2. The third-order valence-electron chi connectivity index (χ3n) is 6.42. The summed E-state index contributed by atoms with van der Waals surface area (Å²) in [6.07, 6.45) is 0. The lowest BCUT2D eigenvalue weighted by atomic mass is 10.0. The number of carbonyl (C=O) groups excluding carboxylic acids is 2. The molecular formula is C25H20F2N2O4S. The number of rotatable bonds is 3. The summed E-state index contributed by atoms with van der Waals surface area (Å²) in [4.78, 5) is 26.8. The van der Waals surface area contributed by atoms with Gasteiger partial charge in [0.15, 0.2) is 21.5 Å². The van der Waals surface area contributed by atoms with E-state index >= 15 is 0 Å². The van der Waals surface area contributed by atoms with Crippen LogP contribution in [-0.2, 0) is 30.8 Å². The lowest BCUT2D eigenvalue weighted by Gasteiger charge is -2.32. The van der Waals surface area contributed by atoms with E-state index in [9.17, 15) is 26.8 Å². The number of hydrogen-bond donors (Lipinski definition) is 0. The Morgan fingerprint density at radius 1 is 0.941 bits per heavy atom. The van der Waals surface area contributed by atoms with Crippen LogP contribution in [0.5, 0.6) is 0 Å². The lowest BCUT2D eigenvalue weighted by Crippen LogP contribution is -2.54. The average Bonchev–Trinajstić information content (AvgIpc) is 3.15. The van der Waals surface area contributed by atoms with Gasteiger partial charge in [0.1, 0.15) is 5.75 Å². The Bertz CT molecular complexity index is 1490. The maximum Gasteiger partial charge on any atom is 0.274 e. The molecule has 0 saturated carbocycles. The Kier molecular flexibility index (Phi) is 4.87. The molecule has 2 amide bonds. The van der Waals surface area contributed by atoms with Gasteiger partial charge in [-0.25, -0.2) is 17.2 Å². The summed E-state index contributed by atoms with van der Waals surface area (Å²) in [7, 11) is -4.39. The van der Waals surface area contributed by atoms with Gasteiger partial charge in [0, 0.05) is 17.3 Å². The van der Waals surface area contributed by atoms with Crippen molar-refractivity contribution in [1.82, 2.24) is 0 Å². The van der Waals surface area contributed by atoms with Crippen LogP contribution in [0.25, 0.3) is 0 Å². The van der Waals surface area contributed by atoms with Crippen LogP contribution in [0.4, 0.5) is 20.2 Å². The van der Waals surface area contributed by atoms with Crippen LogP contribution >= 0.6 is 0 Å². The van der Waals surface area contributed by atoms with Crippen molar-refractivity contribution < 1.29 is 26.8 Å². The third kappa shape index (κ3) is 2.93. The van der Waals surface area contributed by atoms with Crippen LogP contribution in [-0.4, -0.2) is 26.0 Å². The van der Waals surface area contributed by atoms with E-state index in [1.165, 1.54) is 11.0 Å². The Labute approximate surface area is 195 Å². The van der Waals surface area contributed by atoms with Crippen molar-refractivity contribution in [2.24, 2.45) is 0 Å². The van der Waals surface area contributed by atoms with Gasteiger partial charge in [-0.2, -0.15) is 0 Å². The Morgan fingerprint density at radius 2 is 1.68 bits per heavy atom. The number of amides is 2. The summed E-state index contributed by atoms with van der Waals surface area (Å²) in [5, 5.41) is 0. The smallest absolute Gasteiger partial charge is 0.274 e. The summed E-state index contributed by atoms with van der Waals surface area (Å²) in [5.41, 5.74) is 2.96. The van der Waals surface area contributed by atoms with E-state index in [4.69, 9.17) is 0 Å². The van der Waals surface area contributed by atoms with Gasteiger partial charge in [0.05, 0.1) is 12.2 Å². The van der Waals surface area contributed by atoms with Crippen LogP contribution in [0.3, 0.4) is 0 Å². The van der Waals surface area contributed by atoms with Crippen LogP contribution < -0.4 is 9.80 Å². The normalized spacial score (nSPS) is 20.9. The van der Waals surface area contributed by atoms with Crippen LogP contribution in [0, 0.1) is 25.5 Å². The fourth-order valence-corrected chi connectivity index (χ4v) is 6.85. The molecule has 1 saturated heterocycles. The molecule has 0 bridgehead atoms. The highest BCUT2D eigenvalue weighted by atomic mass is 32.2. The van der Waals surface area contributed by atoms with Gasteiger partial charge in [-0.05, 0) is 43.2 Å². The molecule has 2 heterocycles. The number of fused-ring (bicyclic) bond motifs is 2. The minimum atomic E-state index is -4.39. The zero-order valence-electron chi connectivity index (χ0n) is 18.4. The van der Waals surface area contributed by atoms with Crippen molar-refractivity contribution in [3.63, 3.8) is 0 Å². The zero-order chi connectivity index (χ0) is 24.4. The number of anilines is 2. The number of sulfone groups is 1. The van der Waals surface area contributed by atoms with Gasteiger partial charge in [0.2, 0.25) is 5.91 Å². The second-order valence-corrected chi connectivity index (χ2v) is 10.7. The molecule has 34 heavy (non-hydrogen) atoms. The molecule has 0 N–H and O–H groups in total. The molecule has 6 nitrogen and oxygen atoms in total. The van der Waals surface area contributed by atoms with Crippen molar-refractivity contribution in [3.05, 3.63) is 94.6 Å². The van der Waals surface area contributed by atoms with E-state index in [2.05, 4.69) is 0 Å². The van der Waals surface area contributed by atoms with Gasteiger partial charge in [-0.15, -0.1) is 0 Å². The van der Waals surface area contributed by atoms with Crippen LogP contribution in [0.15, 0.2) is 60.7 Å². The second-order valence-electron chi connectivity index (χ2n) is 8.57. The quantitative estimate of drug-likeness (QED) is 0.570. The molecule has 5 rings (SSSR count). The molecular weight excluding hydrogens is 462 g/mol. The monoisotopic (exact) mass is 482 g/mol. The summed E-state index contributed by atoms with van der Waals surface area (Å²) < 4.78 is 54.8. The predicted octanol–water partition coefficient (Wildman–Crippen LogP) is 3.74. The number of nitrogens with zero attached hydrogens (tertiary/aromatic N) is 2. The molecule has 1 fully saturated rings. The molecule has 0 aromatic heterocycles. The number of benzene rings is 3. The van der Waals surface area contributed by atoms with E-state index < -0.39 is 43.9 Å². The fraction of sp³-hybridized carbons (Fsp3) is 0.200. The van der Waals surface area contributed by atoms with Gasteiger partial charge < -0.3 is 4.90 Å². The number of aryl methyl sites for hydroxylation is 2. The average molecular weight is 483 g/mol. The van der Waals surface area contributed by atoms with Crippen molar-refractivity contribution >= 4 is 33.0 Å². The number of carbonyl (C=O) groups is 2. The van der Waals surface area contributed by atoms with Crippen LogP contribution in [0.2, 0.25) is 0 Å². The number of hydrogen-bond acceptors (Lipinski definition) is 4. The Balaban J connectivity index is 1.75. The first-order valence-corrected chi connectivity index (χ1v) is 12.2. The molecule has 2 aliphatic rings. The van der Waals surface area contributed by atoms with Gasteiger partial charge in [0.25, 0.3) is 10.8 Å². The fourth-order valence-electron chi connectivity index (χ4n) is 4.81. The molecule has 0 unspecified atom stereocenters. The minimum absolute atomic E-state index is 0.0838. The molecule has 9 heteroatoms. The van der Waals surface area contributed by atoms with Gasteiger partial charge in [-0.1, -0.05) is 42.0 Å². The molecule has 2 aliphatic heterocycles. The molecule has 3 aromatic carbocycles. The first-order valence-electron chi connectivity index (χ1n) is 10.6. The molecule has 174 valence electrons. The highest BCUT2D eigenvalue weighted by molar-refractivity contribution is 7.94. The highest BCUT2D eigenvalue weighted by Gasteiger charge is 2.69. The largest absolute Gasteiger partial charge is 0.304 e. The van der Waals surface area contributed by atoms with E-state index in [1.54, 1.807) is 18.2 Å². The number of halogens is 2. The molecule has 0 radical (unpaired) electrons. The third-order valence-corrected chi connectivity index (χ3v) is 8.52. The van der Waals surface area contributed by atoms with E-state index in [0.717, 1.165) is 39.8 Å². The van der Waals surface area contributed by atoms with Crippen molar-refractivity contribution in [2.75, 3.05) is 15.6 Å². The lowest BCUT2D eigenvalue weighted by molar-refractivity contribution is -0.123. The summed E-state index contributed by atoms with van der Waals surface area (Å²) in [6, 6.07) is 14.8. The van der Waals surface area contributed by atoms with Gasteiger partial charge >= 0.3 is 0 Å². The number of para-hydroxylation sites is 1. The van der Waals surface area contributed by atoms with Crippen molar-refractivity contribution in [1.29, 1.82) is 0 Å². The topological polar surface area (TPSA) is 74.8 Å². The maximum atomic E-state index is 14.1. The highest BCUT2D eigenvalue weighted by Crippen LogP contribution is 2.52. The minimum Gasteiger partial charge on any atom is -0.304 e. The van der Waals surface area contributed by atoms with Crippen LogP contribution in [0.1, 0.15) is 22.3 Å². The van der Waals surface area contributed by atoms with Crippen molar-refractivity contribution in [2.45, 2.75) is 25.3 Å². The standard InChI is InChI=1S/C25H20F2N2O4S/c1-15-7-8-16(2)17(11-15)13-28-22-6-4-3-5-19(22)25(24(28)31)29(23(30)14-34(25,32)33)18-9-10-20(26)21(27)12-18/h3-12H,13-14H2,1-2H3/t25-/m1/s1. The Hall–Kier alpha value is -3.59. The summed E-state index contributed by atoms with van der Waals surface area (Å²) in [6.45, 7) is 3.88. The zero-order valence-corrected chi connectivity index (χ0v) is 19.2. The Morgan fingerprint density at radius 3 is 2.41 bits per heavy atom.